The molecule has 2 N–H and O–H groups in total. The maximum atomic E-state index is 10.4. The first-order valence-electron chi connectivity index (χ1n) is 6.21. The first-order valence-corrected chi connectivity index (χ1v) is 6.21. The number of nitrogens with one attached hydrogen (secondary N) is 1. The summed E-state index contributed by atoms with van der Waals surface area (Å²) in [5, 5.41) is 13.6. The van der Waals surface area contributed by atoms with Gasteiger partial charge in [-0.2, -0.15) is 0 Å². The molecule has 0 saturated carbocycles. The van der Waals surface area contributed by atoms with Gasteiger partial charge in [-0.3, -0.25) is 0 Å². The number of hydrogen-bond donors (Lipinski definition) is 2. The highest BCUT2D eigenvalue weighted by Crippen LogP contribution is 2.26. The number of aromatic nitrogens is 1. The van der Waals surface area contributed by atoms with Crippen molar-refractivity contribution in [1.29, 1.82) is 0 Å². The Balaban J connectivity index is 1.92. The topological polar surface area (TPSA) is 45.2 Å². The first kappa shape index (κ1) is 11.2. The number of rotatable bonds is 2. The molecule has 3 heteroatoms. The summed E-state index contributed by atoms with van der Waals surface area (Å²) < 4.78 is 0. The van der Waals surface area contributed by atoms with Crippen molar-refractivity contribution in [3.05, 3.63) is 58.8 Å². The van der Waals surface area contributed by atoms with Crippen LogP contribution in [0.5, 0.6) is 0 Å². The van der Waals surface area contributed by atoms with Crippen molar-refractivity contribution in [3.8, 4) is 0 Å². The Labute approximate surface area is 107 Å². The quantitative estimate of drug-likeness (QED) is 0.847. The Morgan fingerprint density at radius 3 is 2.78 bits per heavy atom. The summed E-state index contributed by atoms with van der Waals surface area (Å²) in [6.07, 6.45) is 2.14. The fourth-order valence-electron chi connectivity index (χ4n) is 2.28. The largest absolute Gasteiger partial charge is 0.384 e. The Kier molecular flexibility index (Phi) is 2.76. The van der Waals surface area contributed by atoms with Crippen molar-refractivity contribution in [2.75, 3.05) is 11.9 Å². The highest BCUT2D eigenvalue weighted by Gasteiger charge is 2.16. The van der Waals surface area contributed by atoms with E-state index in [4.69, 9.17) is 0 Å². The van der Waals surface area contributed by atoms with Crippen molar-refractivity contribution in [1.82, 2.24) is 4.98 Å². The number of benzene rings is 1. The van der Waals surface area contributed by atoms with Crippen LogP contribution in [0.25, 0.3) is 0 Å². The number of aryl methyl sites for hydroxylation is 1. The molecule has 0 fully saturated rings. The summed E-state index contributed by atoms with van der Waals surface area (Å²) in [5.41, 5.74) is 4.16. The minimum atomic E-state index is -0.594. The zero-order chi connectivity index (χ0) is 12.5. The van der Waals surface area contributed by atoms with E-state index in [1.165, 1.54) is 11.1 Å². The van der Waals surface area contributed by atoms with Crippen LogP contribution in [0, 0.1) is 6.92 Å². The van der Waals surface area contributed by atoms with Gasteiger partial charge in [0.25, 0.3) is 0 Å². The van der Waals surface area contributed by atoms with Crippen LogP contribution in [0.3, 0.4) is 0 Å². The van der Waals surface area contributed by atoms with Crippen LogP contribution in [-0.2, 0) is 6.42 Å². The summed E-state index contributed by atoms with van der Waals surface area (Å²) in [5.74, 6) is 0.954. The molecule has 1 atom stereocenters. The molecule has 0 saturated heterocycles. The molecule has 0 amide bonds. The molecule has 92 valence electrons. The van der Waals surface area contributed by atoms with Gasteiger partial charge >= 0.3 is 0 Å². The summed E-state index contributed by atoms with van der Waals surface area (Å²) in [7, 11) is 0. The van der Waals surface area contributed by atoms with E-state index in [0.29, 0.717) is 0 Å². The first-order chi connectivity index (χ1) is 8.74. The molecule has 3 rings (SSSR count). The molecule has 3 nitrogen and oxygen atoms in total. The van der Waals surface area contributed by atoms with Crippen LogP contribution >= 0.6 is 0 Å². The summed E-state index contributed by atoms with van der Waals surface area (Å²) >= 11 is 0. The number of fused-ring (bicyclic) bond motifs is 1. The smallest absolute Gasteiger partial charge is 0.129 e. The highest BCUT2D eigenvalue weighted by atomic mass is 16.3. The average Bonchev–Trinajstić information content (AvgIpc) is 2.86. The third-order valence-electron chi connectivity index (χ3n) is 3.38. The lowest BCUT2D eigenvalue weighted by atomic mass is 10.0. The molecule has 0 radical (unpaired) electrons. The Morgan fingerprint density at radius 2 is 2.00 bits per heavy atom. The van der Waals surface area contributed by atoms with E-state index < -0.39 is 6.10 Å². The van der Waals surface area contributed by atoms with Crippen LogP contribution in [0.2, 0.25) is 0 Å². The third-order valence-corrected chi connectivity index (χ3v) is 3.38. The number of aliphatic hydroxyl groups excluding tert-OH is 1. The maximum Gasteiger partial charge on any atom is 0.129 e. The Bertz CT molecular complexity index is 563. The van der Waals surface area contributed by atoms with Crippen LogP contribution < -0.4 is 5.32 Å². The van der Waals surface area contributed by atoms with Crippen LogP contribution in [0.4, 0.5) is 5.82 Å². The van der Waals surface area contributed by atoms with Gasteiger partial charge < -0.3 is 10.4 Å². The number of hydrogen-bond acceptors (Lipinski definition) is 3. The molecule has 1 aromatic heterocycles. The SMILES string of the molecule is Cc1ccc([C@H](O)c2cnc3c(c2)CCN3)cc1. The minimum Gasteiger partial charge on any atom is -0.384 e. The molecular weight excluding hydrogens is 224 g/mol. The van der Waals surface area contributed by atoms with Gasteiger partial charge in [0.2, 0.25) is 0 Å². The summed E-state index contributed by atoms with van der Waals surface area (Å²) in [4.78, 5) is 4.35. The van der Waals surface area contributed by atoms with Crippen molar-refractivity contribution >= 4 is 5.82 Å². The average molecular weight is 240 g/mol. The minimum absolute atomic E-state index is 0.594. The second kappa shape index (κ2) is 4.42. The fraction of sp³-hybridized carbons (Fsp3) is 0.267. The molecule has 0 unspecified atom stereocenters. The van der Waals surface area contributed by atoms with Crippen molar-refractivity contribution < 1.29 is 5.11 Å². The standard InChI is InChI=1S/C15H16N2O/c1-10-2-4-11(5-3-10)14(18)13-8-12-6-7-16-15(12)17-9-13/h2-5,8-9,14,18H,6-7H2,1H3,(H,16,17)/t14-/m0/s1. The van der Waals surface area contributed by atoms with Crippen LogP contribution in [-0.4, -0.2) is 16.6 Å². The van der Waals surface area contributed by atoms with E-state index in [1.807, 2.05) is 37.3 Å². The summed E-state index contributed by atoms with van der Waals surface area (Å²) in [6, 6.07) is 10.0. The molecule has 2 heterocycles. The lowest BCUT2D eigenvalue weighted by molar-refractivity contribution is 0.220. The van der Waals surface area contributed by atoms with E-state index in [-0.39, 0.29) is 0 Å². The number of anilines is 1. The molecule has 0 aliphatic carbocycles. The molecular formula is C15H16N2O. The van der Waals surface area contributed by atoms with E-state index in [9.17, 15) is 5.11 Å². The second-order valence-corrected chi connectivity index (χ2v) is 4.77. The third kappa shape index (κ3) is 1.97. The van der Waals surface area contributed by atoms with Gasteiger partial charge in [0.05, 0.1) is 0 Å². The van der Waals surface area contributed by atoms with Crippen molar-refractivity contribution in [3.63, 3.8) is 0 Å². The van der Waals surface area contributed by atoms with Gasteiger partial charge in [0.1, 0.15) is 11.9 Å². The zero-order valence-corrected chi connectivity index (χ0v) is 10.4. The monoisotopic (exact) mass is 240 g/mol. The van der Waals surface area contributed by atoms with Gasteiger partial charge in [-0.15, -0.1) is 0 Å². The molecule has 1 aliphatic heterocycles. The van der Waals surface area contributed by atoms with E-state index in [0.717, 1.165) is 29.9 Å². The number of aliphatic hydroxyl groups is 1. The van der Waals surface area contributed by atoms with E-state index in [2.05, 4.69) is 10.3 Å². The van der Waals surface area contributed by atoms with Gasteiger partial charge in [-0.05, 0) is 30.5 Å². The molecule has 0 bridgehead atoms. The molecule has 18 heavy (non-hydrogen) atoms. The van der Waals surface area contributed by atoms with E-state index >= 15 is 0 Å². The Morgan fingerprint density at radius 1 is 1.22 bits per heavy atom. The second-order valence-electron chi connectivity index (χ2n) is 4.77. The van der Waals surface area contributed by atoms with Crippen molar-refractivity contribution in [2.45, 2.75) is 19.4 Å². The van der Waals surface area contributed by atoms with Gasteiger partial charge in [-0.25, -0.2) is 4.98 Å². The van der Waals surface area contributed by atoms with Gasteiger partial charge in [-0.1, -0.05) is 29.8 Å². The predicted molar refractivity (Wildman–Crippen MR) is 71.7 cm³/mol. The van der Waals surface area contributed by atoms with E-state index in [1.54, 1.807) is 6.20 Å². The maximum absolute atomic E-state index is 10.4. The predicted octanol–water partition coefficient (Wildman–Crippen LogP) is 2.44. The Hall–Kier alpha value is -1.87. The van der Waals surface area contributed by atoms with Gasteiger partial charge in [0.15, 0.2) is 0 Å². The zero-order valence-electron chi connectivity index (χ0n) is 10.4. The fourth-order valence-corrected chi connectivity index (χ4v) is 2.28. The molecule has 2 aromatic rings. The van der Waals surface area contributed by atoms with Crippen LogP contribution in [0.15, 0.2) is 36.5 Å². The van der Waals surface area contributed by atoms with Crippen molar-refractivity contribution in [2.24, 2.45) is 0 Å². The van der Waals surface area contributed by atoms with Crippen LogP contribution in [0.1, 0.15) is 28.4 Å². The normalized spacial score (nSPS) is 15.0. The molecule has 1 aliphatic rings. The molecule has 1 aromatic carbocycles. The molecule has 0 spiro atoms. The lowest BCUT2D eigenvalue weighted by Crippen LogP contribution is -2.01. The number of pyridine rings is 1. The summed E-state index contributed by atoms with van der Waals surface area (Å²) in [6.45, 7) is 2.98. The highest BCUT2D eigenvalue weighted by molar-refractivity contribution is 5.50. The lowest BCUT2D eigenvalue weighted by Gasteiger charge is -2.12. The number of nitrogens with zero attached hydrogens (tertiary/aromatic N) is 1. The van der Waals surface area contributed by atoms with Gasteiger partial charge in [0, 0.05) is 18.3 Å².